The average molecular weight is 489 g/mol. The van der Waals surface area contributed by atoms with Crippen molar-refractivity contribution in [3.8, 4) is 11.4 Å². The van der Waals surface area contributed by atoms with Crippen LogP contribution in [0.1, 0.15) is 44.1 Å². The van der Waals surface area contributed by atoms with Crippen molar-refractivity contribution in [2.75, 3.05) is 16.8 Å². The molecule has 0 spiro atoms. The van der Waals surface area contributed by atoms with Crippen LogP contribution in [0.25, 0.3) is 16.7 Å². The zero-order valence-corrected chi connectivity index (χ0v) is 20.1. The molecule has 11 heteroatoms. The Morgan fingerprint density at radius 2 is 1.76 bits per heavy atom. The Balaban J connectivity index is 1.76. The SMILES string of the molecule is CC(=O)Nc1ccc(-n2c(=O)n(C(C)C)c3cc(C(=O)NC4(C)CS(O)(O)C4)ccc32)cc1O. The fourth-order valence-corrected chi connectivity index (χ4v) is 6.56. The van der Waals surface area contributed by atoms with Gasteiger partial charge < -0.3 is 15.7 Å². The molecule has 0 saturated carbocycles. The monoisotopic (exact) mass is 488 g/mol. The third-order valence-corrected chi connectivity index (χ3v) is 7.92. The lowest BCUT2D eigenvalue weighted by molar-refractivity contribution is -0.114. The van der Waals surface area contributed by atoms with Crippen molar-refractivity contribution in [3.63, 3.8) is 0 Å². The van der Waals surface area contributed by atoms with Crippen LogP contribution < -0.4 is 16.3 Å². The Bertz CT molecular complexity index is 1370. The highest BCUT2D eigenvalue weighted by molar-refractivity contribution is 8.25. The molecule has 0 unspecified atom stereocenters. The number of imidazole rings is 1. The van der Waals surface area contributed by atoms with Gasteiger partial charge >= 0.3 is 5.69 Å². The van der Waals surface area contributed by atoms with Crippen molar-refractivity contribution in [2.45, 2.75) is 39.3 Å². The summed E-state index contributed by atoms with van der Waals surface area (Å²) in [5.41, 5.74) is 1.04. The minimum Gasteiger partial charge on any atom is -0.506 e. The van der Waals surface area contributed by atoms with Gasteiger partial charge in [0.15, 0.2) is 0 Å². The third kappa shape index (κ3) is 4.29. The van der Waals surface area contributed by atoms with E-state index in [4.69, 9.17) is 0 Å². The van der Waals surface area contributed by atoms with Gasteiger partial charge in [-0.2, -0.15) is 10.6 Å². The molecule has 1 fully saturated rings. The first-order valence-electron chi connectivity index (χ1n) is 10.7. The van der Waals surface area contributed by atoms with Gasteiger partial charge in [-0.1, -0.05) is 0 Å². The minimum absolute atomic E-state index is 0.110. The predicted molar refractivity (Wildman–Crippen MR) is 132 cm³/mol. The van der Waals surface area contributed by atoms with E-state index in [-0.39, 0.29) is 46.5 Å². The number of hydrogen-bond acceptors (Lipinski definition) is 6. The van der Waals surface area contributed by atoms with E-state index in [0.29, 0.717) is 22.3 Å². The molecule has 182 valence electrons. The topological polar surface area (TPSA) is 146 Å². The Morgan fingerprint density at radius 3 is 2.32 bits per heavy atom. The molecule has 2 heterocycles. The molecule has 2 amide bonds. The quantitative estimate of drug-likeness (QED) is 0.348. The van der Waals surface area contributed by atoms with Crippen molar-refractivity contribution in [3.05, 3.63) is 52.4 Å². The molecular weight excluding hydrogens is 460 g/mol. The number of rotatable bonds is 5. The smallest absolute Gasteiger partial charge is 0.333 e. The molecule has 34 heavy (non-hydrogen) atoms. The summed E-state index contributed by atoms with van der Waals surface area (Å²) in [5.74, 6) is -0.658. The first kappa shape index (κ1) is 23.9. The zero-order chi connectivity index (χ0) is 25.0. The zero-order valence-electron chi connectivity index (χ0n) is 19.3. The summed E-state index contributed by atoms with van der Waals surface area (Å²) in [6.45, 7) is 6.81. The Morgan fingerprint density at radius 1 is 1.09 bits per heavy atom. The van der Waals surface area contributed by atoms with Gasteiger partial charge in [0.2, 0.25) is 5.91 Å². The number of aromatic nitrogens is 2. The summed E-state index contributed by atoms with van der Waals surface area (Å²) >= 11 is 0. The summed E-state index contributed by atoms with van der Waals surface area (Å²) in [4.78, 5) is 37.6. The predicted octanol–water partition coefficient (Wildman–Crippen LogP) is 3.29. The molecule has 0 bridgehead atoms. The second-order valence-corrected chi connectivity index (χ2v) is 11.5. The van der Waals surface area contributed by atoms with Crippen molar-refractivity contribution < 1.29 is 23.8 Å². The van der Waals surface area contributed by atoms with Crippen molar-refractivity contribution in [1.82, 2.24) is 14.5 Å². The lowest BCUT2D eigenvalue weighted by Crippen LogP contribution is -2.61. The van der Waals surface area contributed by atoms with E-state index in [9.17, 15) is 28.6 Å². The van der Waals surface area contributed by atoms with Crippen LogP contribution in [0.15, 0.2) is 41.2 Å². The van der Waals surface area contributed by atoms with Crippen LogP contribution in [0.2, 0.25) is 0 Å². The normalized spacial score (nSPS) is 17.3. The molecule has 0 aliphatic carbocycles. The van der Waals surface area contributed by atoms with Crippen LogP contribution in [0.5, 0.6) is 5.75 Å². The van der Waals surface area contributed by atoms with Crippen molar-refractivity contribution in [2.24, 2.45) is 0 Å². The molecular formula is C23H28N4O6S. The number of nitrogens with one attached hydrogen (secondary N) is 2. The molecule has 1 aliphatic rings. The third-order valence-electron chi connectivity index (χ3n) is 5.72. The van der Waals surface area contributed by atoms with Crippen LogP contribution in [0, 0.1) is 0 Å². The lowest BCUT2D eigenvalue weighted by Gasteiger charge is -2.54. The highest BCUT2D eigenvalue weighted by Gasteiger charge is 2.45. The molecule has 2 aromatic carbocycles. The standard InChI is InChI=1S/C23H28N4O6S/c1-13(2)26-19-9-15(21(30)25-23(4)11-34(32,33)12-23)5-8-18(19)27(22(26)31)16-6-7-17(20(29)10-16)24-14(3)28/h5-10,13,29,32-33H,11-12H2,1-4H3,(H,24,28)(H,25,30). The first-order valence-corrected chi connectivity index (χ1v) is 12.6. The maximum absolute atomic E-state index is 13.4. The number of benzene rings is 2. The molecule has 10 nitrogen and oxygen atoms in total. The number of aromatic hydroxyl groups is 1. The molecule has 3 aromatic rings. The van der Waals surface area contributed by atoms with Gasteiger partial charge in [0.05, 0.1) is 39.5 Å². The number of carbonyl (C=O) groups is 2. The number of carbonyl (C=O) groups excluding carboxylic acids is 2. The number of amides is 2. The van der Waals surface area contributed by atoms with Crippen molar-refractivity contribution >= 4 is 39.1 Å². The highest BCUT2D eigenvalue weighted by atomic mass is 32.3. The number of anilines is 1. The molecule has 5 N–H and O–H groups in total. The average Bonchev–Trinajstić information content (AvgIpc) is 2.98. The Kier molecular flexibility index (Phi) is 5.75. The minimum atomic E-state index is -2.62. The molecule has 1 aliphatic heterocycles. The maximum Gasteiger partial charge on any atom is 0.333 e. The van der Waals surface area contributed by atoms with Gasteiger partial charge in [-0.25, -0.2) is 4.79 Å². The summed E-state index contributed by atoms with van der Waals surface area (Å²) < 4.78 is 22.4. The fraction of sp³-hybridized carbons (Fsp3) is 0.348. The maximum atomic E-state index is 13.4. The largest absolute Gasteiger partial charge is 0.506 e. The van der Waals surface area contributed by atoms with E-state index >= 15 is 0 Å². The second-order valence-electron chi connectivity index (χ2n) is 9.27. The van der Waals surface area contributed by atoms with Gasteiger partial charge in [-0.3, -0.25) is 27.8 Å². The molecule has 1 saturated heterocycles. The molecule has 0 radical (unpaired) electrons. The lowest BCUT2D eigenvalue weighted by atomic mass is 10.1. The second kappa shape index (κ2) is 8.19. The van der Waals surface area contributed by atoms with Crippen LogP contribution in [-0.4, -0.2) is 52.2 Å². The van der Waals surface area contributed by atoms with Gasteiger partial charge in [0.1, 0.15) is 5.75 Å². The number of hydrogen-bond donors (Lipinski definition) is 5. The van der Waals surface area contributed by atoms with Crippen molar-refractivity contribution in [1.29, 1.82) is 0 Å². The summed E-state index contributed by atoms with van der Waals surface area (Å²) in [6.07, 6.45) is 0. The number of nitrogens with zero attached hydrogens (tertiary/aromatic N) is 2. The highest BCUT2D eigenvalue weighted by Crippen LogP contribution is 2.53. The van der Waals surface area contributed by atoms with E-state index in [1.807, 2.05) is 13.8 Å². The van der Waals surface area contributed by atoms with Gasteiger partial charge in [-0.15, -0.1) is 0 Å². The number of fused-ring (bicyclic) bond motifs is 1. The fourth-order valence-electron chi connectivity index (χ4n) is 4.46. The van der Waals surface area contributed by atoms with Gasteiger partial charge in [-0.05, 0) is 51.1 Å². The van der Waals surface area contributed by atoms with Crippen LogP contribution in [0.3, 0.4) is 0 Å². The van der Waals surface area contributed by atoms with Gasteiger partial charge in [0.25, 0.3) is 5.91 Å². The molecule has 1 aromatic heterocycles. The van der Waals surface area contributed by atoms with Crippen LogP contribution in [-0.2, 0) is 4.79 Å². The van der Waals surface area contributed by atoms with E-state index in [2.05, 4.69) is 10.6 Å². The Labute approximate surface area is 197 Å². The van der Waals surface area contributed by atoms with E-state index in [0.717, 1.165) is 0 Å². The van der Waals surface area contributed by atoms with Crippen LogP contribution in [0.4, 0.5) is 5.69 Å². The molecule has 4 rings (SSSR count). The molecule has 0 atom stereocenters. The number of phenolic OH excluding ortho intramolecular Hbond substituents is 1. The van der Waals surface area contributed by atoms with Crippen LogP contribution >= 0.6 is 10.6 Å². The summed E-state index contributed by atoms with van der Waals surface area (Å²) in [5, 5.41) is 15.7. The summed E-state index contributed by atoms with van der Waals surface area (Å²) in [7, 11) is -2.62. The van der Waals surface area contributed by atoms with E-state index in [1.54, 1.807) is 35.8 Å². The van der Waals surface area contributed by atoms with E-state index in [1.165, 1.54) is 23.6 Å². The van der Waals surface area contributed by atoms with E-state index < -0.39 is 16.1 Å². The summed E-state index contributed by atoms with van der Waals surface area (Å²) in [6, 6.07) is 9.22. The number of phenols is 1. The Hall–Kier alpha value is -3.28. The van der Waals surface area contributed by atoms with Gasteiger partial charge in [0, 0.05) is 24.6 Å². The first-order chi connectivity index (χ1) is 15.8.